The molecule has 0 aromatic heterocycles. The number of nitrogens with zero attached hydrogens (tertiary/aromatic N) is 2. The van der Waals surface area contributed by atoms with Crippen LogP contribution in [-0.2, 0) is 9.59 Å². The second-order valence-electron chi connectivity index (χ2n) is 10.7. The van der Waals surface area contributed by atoms with Crippen LogP contribution in [0.5, 0.6) is 17.2 Å². The molecule has 0 bridgehead atoms. The zero-order chi connectivity index (χ0) is 29.9. The highest BCUT2D eigenvalue weighted by Gasteiger charge is 2.57. The zero-order valence-corrected chi connectivity index (χ0v) is 25.6. The Morgan fingerprint density at radius 1 is 1.10 bits per heavy atom. The summed E-state index contributed by atoms with van der Waals surface area (Å²) < 4.78 is 17.2. The quantitative estimate of drug-likeness (QED) is 0.268. The number of para-hydroxylation sites is 1. The molecule has 10 heteroatoms. The minimum Gasteiger partial charge on any atom is -0.495 e. The number of aliphatic imine (C=N–C) groups is 1. The molecule has 1 saturated heterocycles. The molecule has 3 atom stereocenters. The van der Waals surface area contributed by atoms with Gasteiger partial charge >= 0.3 is 0 Å². The summed E-state index contributed by atoms with van der Waals surface area (Å²) in [6, 6.07) is 22.0. The Bertz CT molecular complexity index is 1460. The van der Waals surface area contributed by atoms with Crippen molar-refractivity contribution in [1.29, 1.82) is 0 Å². The summed E-state index contributed by atoms with van der Waals surface area (Å²) in [6.07, 6.45) is 0.538. The maximum absolute atomic E-state index is 13.9. The number of hydrogen-bond acceptors (Lipinski definition) is 7. The van der Waals surface area contributed by atoms with E-state index in [2.05, 4.69) is 19.2 Å². The van der Waals surface area contributed by atoms with E-state index in [0.29, 0.717) is 40.3 Å². The van der Waals surface area contributed by atoms with Crippen LogP contribution in [0.2, 0.25) is 5.02 Å². The van der Waals surface area contributed by atoms with Crippen molar-refractivity contribution < 1.29 is 23.8 Å². The first-order chi connectivity index (χ1) is 20.2. The van der Waals surface area contributed by atoms with Gasteiger partial charge in [0.1, 0.15) is 28.6 Å². The first kappa shape index (κ1) is 29.8. The summed E-state index contributed by atoms with van der Waals surface area (Å²) in [5.74, 6) is 1.57. The lowest BCUT2D eigenvalue weighted by atomic mass is 9.63. The molecule has 2 aliphatic rings. The molecule has 1 aliphatic heterocycles. The molecule has 220 valence electrons. The van der Waals surface area contributed by atoms with Gasteiger partial charge in [0.2, 0.25) is 11.8 Å². The first-order valence-corrected chi connectivity index (χ1v) is 15.1. The van der Waals surface area contributed by atoms with Crippen LogP contribution in [0.1, 0.15) is 33.6 Å². The number of thioether (sulfide) groups is 1. The number of methoxy groups -OCH3 is 1. The van der Waals surface area contributed by atoms with E-state index >= 15 is 0 Å². The SMILES string of the molecule is CCOc1ccc(N=C2SC(CC(=O)Nc3cc(Cl)ccc3OC)C(=O)N2[C@@H]2C[C@H](Oc3ccccc3)C2(C)C)cc1. The molecule has 0 spiro atoms. The van der Waals surface area contributed by atoms with Crippen LogP contribution in [0.4, 0.5) is 11.4 Å². The van der Waals surface area contributed by atoms with Crippen molar-refractivity contribution in [3.05, 3.63) is 77.8 Å². The van der Waals surface area contributed by atoms with Crippen molar-refractivity contribution in [2.45, 2.75) is 51.0 Å². The third kappa shape index (κ3) is 6.37. The van der Waals surface area contributed by atoms with E-state index in [-0.39, 0.29) is 35.8 Å². The molecule has 1 unspecified atom stereocenters. The van der Waals surface area contributed by atoms with Gasteiger partial charge in [-0.3, -0.25) is 14.5 Å². The van der Waals surface area contributed by atoms with Gasteiger partial charge in [0.25, 0.3) is 0 Å². The molecule has 8 nitrogen and oxygen atoms in total. The highest BCUT2D eigenvalue weighted by molar-refractivity contribution is 8.15. The Labute approximate surface area is 255 Å². The second kappa shape index (κ2) is 12.7. The van der Waals surface area contributed by atoms with Gasteiger partial charge in [-0.25, -0.2) is 4.99 Å². The number of carbonyl (C=O) groups excluding carboxylic acids is 2. The number of amides is 2. The fraction of sp³-hybridized carbons (Fsp3) is 0.344. The van der Waals surface area contributed by atoms with E-state index in [9.17, 15) is 9.59 Å². The fourth-order valence-electron chi connectivity index (χ4n) is 5.19. The topological polar surface area (TPSA) is 89.5 Å². The molecular formula is C32H34ClN3O5S. The molecule has 2 fully saturated rings. The summed E-state index contributed by atoms with van der Waals surface area (Å²) >= 11 is 7.44. The number of benzene rings is 3. The Hall–Kier alpha value is -3.69. The third-order valence-electron chi connectivity index (χ3n) is 7.60. The monoisotopic (exact) mass is 607 g/mol. The van der Waals surface area contributed by atoms with E-state index < -0.39 is 5.25 Å². The highest BCUT2D eigenvalue weighted by atomic mass is 35.5. The van der Waals surface area contributed by atoms with Gasteiger partial charge in [-0.05, 0) is 61.5 Å². The molecule has 0 radical (unpaired) electrons. The largest absolute Gasteiger partial charge is 0.495 e. The summed E-state index contributed by atoms with van der Waals surface area (Å²) in [5.41, 5.74) is 0.796. The van der Waals surface area contributed by atoms with Gasteiger partial charge in [0.05, 0.1) is 31.1 Å². The zero-order valence-electron chi connectivity index (χ0n) is 24.0. The molecule has 2 amide bonds. The van der Waals surface area contributed by atoms with Crippen molar-refractivity contribution in [3.8, 4) is 17.2 Å². The first-order valence-electron chi connectivity index (χ1n) is 13.9. The van der Waals surface area contributed by atoms with Crippen LogP contribution in [0.15, 0.2) is 77.8 Å². The van der Waals surface area contributed by atoms with Crippen LogP contribution in [0.25, 0.3) is 0 Å². The summed E-state index contributed by atoms with van der Waals surface area (Å²) in [7, 11) is 1.52. The Balaban J connectivity index is 1.37. The van der Waals surface area contributed by atoms with Crippen molar-refractivity contribution >= 4 is 51.7 Å². The Morgan fingerprint density at radius 2 is 1.83 bits per heavy atom. The molecule has 42 heavy (non-hydrogen) atoms. The molecule has 3 aromatic rings. The summed E-state index contributed by atoms with van der Waals surface area (Å²) in [4.78, 5) is 33.7. The number of rotatable bonds is 10. The van der Waals surface area contributed by atoms with Crippen molar-refractivity contribution in [2.24, 2.45) is 10.4 Å². The van der Waals surface area contributed by atoms with Gasteiger partial charge in [0.15, 0.2) is 5.17 Å². The van der Waals surface area contributed by atoms with E-state index in [1.54, 1.807) is 23.1 Å². The fourth-order valence-corrected chi connectivity index (χ4v) is 6.55. The number of nitrogens with one attached hydrogen (secondary N) is 1. The van der Waals surface area contributed by atoms with Gasteiger partial charge < -0.3 is 19.5 Å². The maximum Gasteiger partial charge on any atom is 0.242 e. The number of amidine groups is 1. The lowest BCUT2D eigenvalue weighted by Crippen LogP contribution is -2.64. The molecule has 1 aliphatic carbocycles. The van der Waals surface area contributed by atoms with Crippen LogP contribution in [-0.4, -0.2) is 53.0 Å². The van der Waals surface area contributed by atoms with E-state index in [1.165, 1.54) is 18.9 Å². The van der Waals surface area contributed by atoms with E-state index in [4.69, 9.17) is 30.8 Å². The van der Waals surface area contributed by atoms with Crippen LogP contribution in [0, 0.1) is 5.41 Å². The number of ether oxygens (including phenoxy) is 3. The van der Waals surface area contributed by atoms with Gasteiger partial charge in [0, 0.05) is 23.3 Å². The minimum absolute atomic E-state index is 0.0327. The van der Waals surface area contributed by atoms with Crippen LogP contribution < -0.4 is 19.5 Å². The lowest BCUT2D eigenvalue weighted by Gasteiger charge is -2.54. The predicted octanol–water partition coefficient (Wildman–Crippen LogP) is 6.95. The van der Waals surface area contributed by atoms with Crippen molar-refractivity contribution in [2.75, 3.05) is 19.0 Å². The highest BCUT2D eigenvalue weighted by Crippen LogP contribution is 2.49. The number of hydrogen-bond donors (Lipinski definition) is 1. The normalized spacial score (nSPS) is 22.0. The lowest BCUT2D eigenvalue weighted by molar-refractivity contribution is -0.141. The number of anilines is 1. The van der Waals surface area contributed by atoms with Crippen molar-refractivity contribution in [1.82, 2.24) is 4.90 Å². The number of carbonyl (C=O) groups is 2. The Morgan fingerprint density at radius 3 is 2.50 bits per heavy atom. The van der Waals surface area contributed by atoms with Crippen LogP contribution >= 0.6 is 23.4 Å². The minimum atomic E-state index is -0.637. The van der Waals surface area contributed by atoms with Gasteiger partial charge in [-0.1, -0.05) is 55.4 Å². The van der Waals surface area contributed by atoms with Gasteiger partial charge in [-0.2, -0.15) is 0 Å². The maximum atomic E-state index is 13.9. The predicted molar refractivity (Wildman–Crippen MR) is 167 cm³/mol. The molecule has 3 aromatic carbocycles. The van der Waals surface area contributed by atoms with Gasteiger partial charge in [-0.15, -0.1) is 0 Å². The third-order valence-corrected chi connectivity index (χ3v) is 8.99. The average molecular weight is 608 g/mol. The van der Waals surface area contributed by atoms with Crippen LogP contribution in [0.3, 0.4) is 0 Å². The summed E-state index contributed by atoms with van der Waals surface area (Å²) in [5, 5.41) is 3.25. The van der Waals surface area contributed by atoms with E-state index in [1.807, 2.05) is 61.5 Å². The molecule has 1 N–H and O–H groups in total. The molecule has 1 heterocycles. The standard InChI is InChI=1S/C32H34ClN3O5S/c1-5-40-22-14-12-21(13-15-22)34-31-36(27-19-28(32(27,2)3)41-23-9-7-6-8-10-23)30(38)26(42-31)18-29(37)35-24-17-20(33)11-16-25(24)39-4/h6-17,26-28H,5,18-19H2,1-4H3,(H,35,37)/t26?,27-,28+/m1/s1. The van der Waals surface area contributed by atoms with E-state index in [0.717, 1.165) is 11.5 Å². The molecule has 1 saturated carbocycles. The smallest absolute Gasteiger partial charge is 0.242 e. The Kier molecular flexibility index (Phi) is 8.99. The summed E-state index contributed by atoms with van der Waals surface area (Å²) in [6.45, 7) is 6.71. The molecular weight excluding hydrogens is 574 g/mol. The molecule has 5 rings (SSSR count). The number of halogens is 1. The average Bonchev–Trinajstić information content (AvgIpc) is 3.25. The second-order valence-corrected chi connectivity index (χ2v) is 12.3. The van der Waals surface area contributed by atoms with Crippen molar-refractivity contribution in [3.63, 3.8) is 0 Å².